The highest BCUT2D eigenvalue weighted by Crippen LogP contribution is 2.12. The summed E-state index contributed by atoms with van der Waals surface area (Å²) in [6.45, 7) is 5.71. The predicted octanol–water partition coefficient (Wildman–Crippen LogP) is 2.31. The Hall–Kier alpha value is -0.790. The van der Waals surface area contributed by atoms with Gasteiger partial charge < -0.3 is 5.11 Å². The van der Waals surface area contributed by atoms with Crippen molar-refractivity contribution in [1.29, 1.82) is 0 Å². The van der Waals surface area contributed by atoms with Crippen LogP contribution in [0.1, 0.15) is 27.2 Å². The molecule has 0 bridgehead atoms. The molecule has 0 aliphatic heterocycles. The number of hydrogen-bond acceptors (Lipinski definition) is 1. The maximum atomic E-state index is 10.4. The Kier molecular flexibility index (Phi) is 4.59. The fourth-order valence-electron chi connectivity index (χ4n) is 1.07. The van der Waals surface area contributed by atoms with E-state index < -0.39 is 5.97 Å². The molecule has 0 aliphatic rings. The average molecular weight is 156 g/mol. The maximum absolute atomic E-state index is 10.4. The van der Waals surface area contributed by atoms with Gasteiger partial charge in [0.2, 0.25) is 0 Å². The summed E-state index contributed by atoms with van der Waals surface area (Å²) in [6.07, 6.45) is 4.71. The Balaban J connectivity index is 3.74. The molecular weight excluding hydrogens is 140 g/mol. The van der Waals surface area contributed by atoms with Crippen LogP contribution in [0.2, 0.25) is 0 Å². The van der Waals surface area contributed by atoms with Gasteiger partial charge in [0, 0.05) is 0 Å². The van der Waals surface area contributed by atoms with E-state index in [1.807, 2.05) is 26.0 Å². The lowest BCUT2D eigenvalue weighted by atomic mass is 9.97. The first-order valence-corrected chi connectivity index (χ1v) is 3.93. The van der Waals surface area contributed by atoms with Crippen LogP contribution in [0.15, 0.2) is 12.2 Å². The molecule has 0 fully saturated rings. The molecule has 0 aromatic carbocycles. The van der Waals surface area contributed by atoms with Crippen LogP contribution in [0.4, 0.5) is 0 Å². The molecule has 0 saturated heterocycles. The van der Waals surface area contributed by atoms with Gasteiger partial charge >= 0.3 is 5.97 Å². The first kappa shape index (κ1) is 10.2. The summed E-state index contributed by atoms with van der Waals surface area (Å²) in [6, 6.07) is 0. The van der Waals surface area contributed by atoms with Crippen LogP contribution in [0.25, 0.3) is 0 Å². The molecule has 0 amide bonds. The lowest BCUT2D eigenvalue weighted by molar-refractivity contribution is -0.141. The molecule has 2 nitrogen and oxygen atoms in total. The largest absolute Gasteiger partial charge is 0.481 e. The molecule has 0 heterocycles. The van der Waals surface area contributed by atoms with E-state index in [1.54, 1.807) is 6.92 Å². The summed E-state index contributed by atoms with van der Waals surface area (Å²) in [4.78, 5) is 10.4. The lowest BCUT2D eigenvalue weighted by Gasteiger charge is -2.09. The van der Waals surface area contributed by atoms with Crippen LogP contribution < -0.4 is 0 Å². The summed E-state index contributed by atoms with van der Waals surface area (Å²) < 4.78 is 0. The van der Waals surface area contributed by atoms with Crippen molar-refractivity contribution in [2.24, 2.45) is 11.8 Å². The van der Waals surface area contributed by atoms with E-state index in [4.69, 9.17) is 5.11 Å². The highest BCUT2D eigenvalue weighted by Gasteiger charge is 2.12. The minimum Gasteiger partial charge on any atom is -0.481 e. The second-order valence-electron chi connectivity index (χ2n) is 2.98. The number of carboxylic acids is 1. The lowest BCUT2D eigenvalue weighted by Crippen LogP contribution is -2.12. The van der Waals surface area contributed by atoms with Gasteiger partial charge in [0.15, 0.2) is 0 Å². The molecule has 0 rings (SSSR count). The molecule has 64 valence electrons. The van der Waals surface area contributed by atoms with Crippen LogP contribution in [0.3, 0.4) is 0 Å². The zero-order valence-corrected chi connectivity index (χ0v) is 7.37. The Morgan fingerprint density at radius 1 is 1.55 bits per heavy atom. The zero-order valence-electron chi connectivity index (χ0n) is 7.37. The Morgan fingerprint density at radius 3 is 2.45 bits per heavy atom. The van der Waals surface area contributed by atoms with Crippen molar-refractivity contribution >= 4 is 5.97 Å². The quantitative estimate of drug-likeness (QED) is 0.634. The van der Waals surface area contributed by atoms with Crippen LogP contribution in [0.5, 0.6) is 0 Å². The minimum absolute atomic E-state index is 0.235. The van der Waals surface area contributed by atoms with Crippen LogP contribution >= 0.6 is 0 Å². The van der Waals surface area contributed by atoms with Crippen LogP contribution in [0, 0.1) is 11.8 Å². The highest BCUT2D eigenvalue weighted by atomic mass is 16.4. The second-order valence-corrected chi connectivity index (χ2v) is 2.98. The topological polar surface area (TPSA) is 37.3 Å². The second kappa shape index (κ2) is 4.94. The monoisotopic (exact) mass is 156 g/mol. The number of aliphatic carboxylic acids is 1. The van der Waals surface area contributed by atoms with Gasteiger partial charge in [-0.2, -0.15) is 0 Å². The molecule has 11 heavy (non-hydrogen) atoms. The van der Waals surface area contributed by atoms with E-state index in [-0.39, 0.29) is 5.92 Å². The molecule has 2 atom stereocenters. The van der Waals surface area contributed by atoms with E-state index >= 15 is 0 Å². The smallest absolute Gasteiger partial charge is 0.306 e. The summed E-state index contributed by atoms with van der Waals surface area (Å²) in [5.74, 6) is -0.575. The molecule has 0 saturated carbocycles. The first-order valence-electron chi connectivity index (χ1n) is 3.93. The molecule has 0 spiro atoms. The predicted molar refractivity (Wildman–Crippen MR) is 45.4 cm³/mol. The SMILES string of the molecule is C/C=C/C(C)CC(C)C(=O)O. The average Bonchev–Trinajstić information content (AvgIpc) is 1.87. The molecule has 0 aromatic rings. The van der Waals surface area contributed by atoms with Crippen molar-refractivity contribution in [2.45, 2.75) is 27.2 Å². The van der Waals surface area contributed by atoms with Gasteiger partial charge in [-0.1, -0.05) is 26.0 Å². The van der Waals surface area contributed by atoms with E-state index in [0.717, 1.165) is 6.42 Å². The summed E-state index contributed by atoms with van der Waals surface area (Å²) in [7, 11) is 0. The Bertz CT molecular complexity index is 150. The van der Waals surface area contributed by atoms with Crippen molar-refractivity contribution < 1.29 is 9.90 Å². The molecule has 2 heteroatoms. The standard InChI is InChI=1S/C9H16O2/c1-4-5-7(2)6-8(3)9(10)11/h4-5,7-8H,6H2,1-3H3,(H,10,11)/b5-4+. The van der Waals surface area contributed by atoms with Gasteiger partial charge in [-0.05, 0) is 19.3 Å². The fraction of sp³-hybridized carbons (Fsp3) is 0.667. The van der Waals surface area contributed by atoms with Crippen molar-refractivity contribution in [1.82, 2.24) is 0 Å². The highest BCUT2D eigenvalue weighted by molar-refractivity contribution is 5.69. The molecular formula is C9H16O2. The van der Waals surface area contributed by atoms with Crippen molar-refractivity contribution in [2.75, 3.05) is 0 Å². The number of rotatable bonds is 4. The molecule has 0 aromatic heterocycles. The summed E-state index contributed by atoms with van der Waals surface area (Å²) in [5, 5.41) is 8.58. The van der Waals surface area contributed by atoms with E-state index in [2.05, 4.69) is 0 Å². The minimum atomic E-state index is -0.707. The first-order chi connectivity index (χ1) is 5.07. The van der Waals surface area contributed by atoms with Crippen LogP contribution in [-0.2, 0) is 4.79 Å². The van der Waals surface area contributed by atoms with E-state index in [9.17, 15) is 4.79 Å². The fourth-order valence-corrected chi connectivity index (χ4v) is 1.07. The summed E-state index contributed by atoms with van der Waals surface area (Å²) in [5.41, 5.74) is 0. The third-order valence-electron chi connectivity index (χ3n) is 1.67. The molecule has 1 N–H and O–H groups in total. The Morgan fingerprint density at radius 2 is 2.09 bits per heavy atom. The molecule has 0 aliphatic carbocycles. The van der Waals surface area contributed by atoms with Gasteiger partial charge in [-0.3, -0.25) is 4.79 Å². The number of carboxylic acid groups (broad SMARTS) is 1. The zero-order chi connectivity index (χ0) is 8.85. The van der Waals surface area contributed by atoms with Gasteiger partial charge in [0.1, 0.15) is 0 Å². The van der Waals surface area contributed by atoms with Gasteiger partial charge in [0.05, 0.1) is 5.92 Å². The molecule has 0 radical (unpaired) electrons. The number of carbonyl (C=O) groups is 1. The van der Waals surface area contributed by atoms with Gasteiger partial charge in [0.25, 0.3) is 0 Å². The number of hydrogen-bond donors (Lipinski definition) is 1. The van der Waals surface area contributed by atoms with E-state index in [1.165, 1.54) is 0 Å². The van der Waals surface area contributed by atoms with Crippen LogP contribution in [-0.4, -0.2) is 11.1 Å². The third kappa shape index (κ3) is 4.59. The third-order valence-corrected chi connectivity index (χ3v) is 1.67. The maximum Gasteiger partial charge on any atom is 0.306 e. The van der Waals surface area contributed by atoms with Crippen molar-refractivity contribution in [3.8, 4) is 0 Å². The van der Waals surface area contributed by atoms with Crippen molar-refractivity contribution in [3.05, 3.63) is 12.2 Å². The normalized spacial score (nSPS) is 16.6. The molecule has 2 unspecified atom stereocenters. The summed E-state index contributed by atoms with van der Waals surface area (Å²) >= 11 is 0. The number of allylic oxidation sites excluding steroid dienone is 2. The van der Waals surface area contributed by atoms with Gasteiger partial charge in [-0.25, -0.2) is 0 Å². The Labute approximate surface area is 67.9 Å². The van der Waals surface area contributed by atoms with Crippen molar-refractivity contribution in [3.63, 3.8) is 0 Å². The van der Waals surface area contributed by atoms with E-state index in [0.29, 0.717) is 5.92 Å². The van der Waals surface area contributed by atoms with Gasteiger partial charge in [-0.15, -0.1) is 0 Å².